The van der Waals surface area contributed by atoms with Gasteiger partial charge in [0.05, 0.1) is 19.7 Å². The number of ether oxygens (including phenoxy) is 3. The highest BCUT2D eigenvalue weighted by Gasteiger charge is 2.54. The molecule has 0 radical (unpaired) electrons. The first-order valence-electron chi connectivity index (χ1n) is 9.12. The molecule has 1 spiro atoms. The monoisotopic (exact) mass is 438 g/mol. The van der Waals surface area contributed by atoms with Crippen LogP contribution < -0.4 is 4.74 Å². The number of aromatic nitrogens is 1. The Morgan fingerprint density at radius 1 is 1.40 bits per heavy atom. The highest BCUT2D eigenvalue weighted by atomic mass is 19.4. The first-order chi connectivity index (χ1) is 14.1. The molecule has 3 rings (SSSR count). The molecule has 2 aliphatic heterocycles. The lowest BCUT2D eigenvalue weighted by molar-refractivity contribution is -0.192. The minimum absolute atomic E-state index is 0.0122. The van der Waals surface area contributed by atoms with Crippen LogP contribution in [0, 0.1) is 11.7 Å². The fourth-order valence-corrected chi connectivity index (χ4v) is 3.08. The number of nitrogens with zero attached hydrogens (tertiary/aromatic N) is 2. The van der Waals surface area contributed by atoms with E-state index >= 15 is 0 Å². The molecule has 12 heteroatoms. The first-order valence-corrected chi connectivity index (χ1v) is 9.12. The van der Waals surface area contributed by atoms with E-state index in [2.05, 4.69) is 4.98 Å². The highest BCUT2D eigenvalue weighted by Crippen LogP contribution is 2.40. The Bertz CT molecular complexity index is 740. The molecule has 1 aromatic heterocycles. The largest absolute Gasteiger partial charge is 0.490 e. The minimum Gasteiger partial charge on any atom is -0.475 e. The first kappa shape index (κ1) is 23.8. The zero-order valence-electron chi connectivity index (χ0n) is 16.2. The number of hydrogen-bond acceptors (Lipinski definition) is 6. The molecule has 0 bridgehead atoms. The fraction of sp³-hybridized carbons (Fsp3) is 0.611. The Morgan fingerprint density at radius 3 is 2.63 bits per heavy atom. The third-order valence-corrected chi connectivity index (χ3v) is 4.69. The molecule has 1 aromatic rings. The second kappa shape index (κ2) is 10.0. The average molecular weight is 438 g/mol. The number of likely N-dealkylation sites (tertiary alicyclic amines) is 1. The van der Waals surface area contributed by atoms with Crippen molar-refractivity contribution in [1.82, 2.24) is 9.88 Å². The van der Waals surface area contributed by atoms with Crippen LogP contribution in [0.5, 0.6) is 5.88 Å². The predicted molar refractivity (Wildman–Crippen MR) is 93.2 cm³/mol. The Kier molecular flexibility index (Phi) is 7.96. The fourth-order valence-electron chi connectivity index (χ4n) is 3.08. The van der Waals surface area contributed by atoms with Crippen LogP contribution in [0.4, 0.5) is 17.6 Å². The second-order valence-corrected chi connectivity index (χ2v) is 6.69. The van der Waals surface area contributed by atoms with Crippen molar-refractivity contribution in [3.05, 3.63) is 24.1 Å². The molecule has 2 fully saturated rings. The molecular weight excluding hydrogens is 416 g/mol. The number of aliphatic carboxylic acids is 1. The molecule has 1 unspecified atom stereocenters. The number of hydrogen-bond donors (Lipinski definition) is 1. The molecule has 168 valence electrons. The van der Waals surface area contributed by atoms with Gasteiger partial charge < -0.3 is 24.2 Å². The zero-order valence-corrected chi connectivity index (χ0v) is 16.2. The highest BCUT2D eigenvalue weighted by molar-refractivity contribution is 5.78. The number of carbonyl (C=O) groups is 2. The molecular formula is C18H22F4N2O6. The van der Waals surface area contributed by atoms with Crippen molar-refractivity contribution in [2.24, 2.45) is 5.92 Å². The number of rotatable bonds is 6. The van der Waals surface area contributed by atoms with E-state index in [0.29, 0.717) is 32.9 Å². The van der Waals surface area contributed by atoms with Gasteiger partial charge in [-0.2, -0.15) is 13.2 Å². The van der Waals surface area contributed by atoms with E-state index in [1.54, 1.807) is 4.90 Å². The standard InChI is InChI=1S/C16H21FN2O4.C2HF3O2/c1-2-21-9-14(20)19-10-16(11-19)12(5-7-23-16)8-22-15-13(17)4-3-6-18-15;3-2(4,5)1(6)7/h3-4,6,12H,2,5,7-11H2,1H3;(H,6,7). The van der Waals surface area contributed by atoms with Gasteiger partial charge in [0.25, 0.3) is 0 Å². The third kappa shape index (κ3) is 6.02. The molecule has 2 aliphatic rings. The summed E-state index contributed by atoms with van der Waals surface area (Å²) >= 11 is 0. The van der Waals surface area contributed by atoms with Crippen LogP contribution >= 0.6 is 0 Å². The lowest BCUT2D eigenvalue weighted by Gasteiger charge is -2.50. The molecule has 1 N–H and O–H groups in total. The van der Waals surface area contributed by atoms with Gasteiger partial charge in [0.1, 0.15) is 12.2 Å². The van der Waals surface area contributed by atoms with Gasteiger partial charge >= 0.3 is 12.1 Å². The number of amides is 1. The number of carboxylic acid groups (broad SMARTS) is 1. The zero-order chi connectivity index (χ0) is 22.4. The number of pyridine rings is 1. The summed E-state index contributed by atoms with van der Waals surface area (Å²) in [6.07, 6.45) is -2.75. The summed E-state index contributed by atoms with van der Waals surface area (Å²) in [6.45, 7) is 4.53. The summed E-state index contributed by atoms with van der Waals surface area (Å²) in [4.78, 5) is 26.4. The van der Waals surface area contributed by atoms with Gasteiger partial charge in [-0.25, -0.2) is 14.2 Å². The smallest absolute Gasteiger partial charge is 0.475 e. The molecule has 1 atom stereocenters. The summed E-state index contributed by atoms with van der Waals surface area (Å²) in [7, 11) is 0. The molecule has 3 heterocycles. The maximum atomic E-state index is 13.6. The van der Waals surface area contributed by atoms with E-state index in [0.717, 1.165) is 6.42 Å². The Labute approximate surface area is 169 Å². The van der Waals surface area contributed by atoms with Crippen molar-refractivity contribution in [3.8, 4) is 5.88 Å². The Balaban J connectivity index is 0.000000396. The van der Waals surface area contributed by atoms with Gasteiger partial charge in [0.2, 0.25) is 11.8 Å². The van der Waals surface area contributed by atoms with Gasteiger partial charge in [0.15, 0.2) is 5.82 Å². The van der Waals surface area contributed by atoms with E-state index in [4.69, 9.17) is 24.1 Å². The molecule has 30 heavy (non-hydrogen) atoms. The minimum atomic E-state index is -5.08. The van der Waals surface area contributed by atoms with Crippen molar-refractivity contribution in [3.63, 3.8) is 0 Å². The lowest BCUT2D eigenvalue weighted by Crippen LogP contribution is -2.67. The van der Waals surface area contributed by atoms with E-state index in [-0.39, 0.29) is 29.9 Å². The van der Waals surface area contributed by atoms with Crippen LogP contribution in [0.1, 0.15) is 13.3 Å². The maximum absolute atomic E-state index is 13.6. The molecule has 2 saturated heterocycles. The Hall–Kier alpha value is -2.47. The van der Waals surface area contributed by atoms with Crippen LogP contribution in [0.15, 0.2) is 18.3 Å². The molecule has 1 amide bonds. The van der Waals surface area contributed by atoms with E-state index < -0.39 is 18.0 Å². The van der Waals surface area contributed by atoms with Crippen LogP contribution in [-0.4, -0.2) is 78.2 Å². The molecule has 8 nitrogen and oxygen atoms in total. The lowest BCUT2D eigenvalue weighted by atomic mass is 9.81. The summed E-state index contributed by atoms with van der Waals surface area (Å²) < 4.78 is 61.8. The summed E-state index contributed by atoms with van der Waals surface area (Å²) in [6, 6.07) is 2.84. The van der Waals surface area contributed by atoms with Crippen molar-refractivity contribution < 1.29 is 46.5 Å². The summed E-state index contributed by atoms with van der Waals surface area (Å²) in [5.74, 6) is -3.11. The molecule has 0 saturated carbocycles. The van der Waals surface area contributed by atoms with Crippen molar-refractivity contribution in [1.29, 1.82) is 0 Å². The van der Waals surface area contributed by atoms with Crippen LogP contribution in [0.2, 0.25) is 0 Å². The predicted octanol–water partition coefficient (Wildman–Crippen LogP) is 1.89. The quantitative estimate of drug-likeness (QED) is 0.678. The average Bonchev–Trinajstić information content (AvgIpc) is 3.08. The van der Waals surface area contributed by atoms with Crippen LogP contribution in [0.3, 0.4) is 0 Å². The summed E-state index contributed by atoms with van der Waals surface area (Å²) in [5, 5.41) is 7.12. The topological polar surface area (TPSA) is 98.2 Å². The van der Waals surface area contributed by atoms with Crippen molar-refractivity contribution in [2.75, 3.05) is 39.5 Å². The summed E-state index contributed by atoms with van der Waals surface area (Å²) in [5.41, 5.74) is -0.368. The van der Waals surface area contributed by atoms with Crippen LogP contribution in [-0.2, 0) is 19.1 Å². The van der Waals surface area contributed by atoms with E-state index in [9.17, 15) is 22.4 Å². The van der Waals surface area contributed by atoms with Crippen molar-refractivity contribution >= 4 is 11.9 Å². The number of halogens is 4. The van der Waals surface area contributed by atoms with Crippen LogP contribution in [0.25, 0.3) is 0 Å². The van der Waals surface area contributed by atoms with Gasteiger partial charge in [-0.15, -0.1) is 0 Å². The van der Waals surface area contributed by atoms with Gasteiger partial charge in [-0.3, -0.25) is 4.79 Å². The van der Waals surface area contributed by atoms with E-state index in [1.165, 1.54) is 18.3 Å². The van der Waals surface area contributed by atoms with Crippen molar-refractivity contribution in [2.45, 2.75) is 25.1 Å². The van der Waals surface area contributed by atoms with Gasteiger partial charge in [-0.1, -0.05) is 0 Å². The second-order valence-electron chi connectivity index (χ2n) is 6.69. The molecule has 0 aliphatic carbocycles. The SMILES string of the molecule is CCOCC(=O)N1CC2(C1)OCCC2COc1ncccc1F.O=C(O)C(F)(F)F. The number of carbonyl (C=O) groups excluding carboxylic acids is 1. The molecule has 0 aromatic carbocycles. The normalized spacial score (nSPS) is 19.6. The number of alkyl halides is 3. The van der Waals surface area contributed by atoms with Gasteiger partial charge in [0, 0.05) is 25.3 Å². The third-order valence-electron chi connectivity index (χ3n) is 4.69. The maximum Gasteiger partial charge on any atom is 0.490 e. The van der Waals surface area contributed by atoms with Gasteiger partial charge in [-0.05, 0) is 25.5 Å². The van der Waals surface area contributed by atoms with E-state index in [1.807, 2.05) is 6.92 Å². The Morgan fingerprint density at radius 2 is 2.07 bits per heavy atom. The number of carboxylic acids is 1.